The van der Waals surface area contributed by atoms with Crippen LogP contribution < -0.4 is 4.74 Å². The summed E-state index contributed by atoms with van der Waals surface area (Å²) in [6.07, 6.45) is -0.780. The number of benzene rings is 2. The normalized spacial score (nSPS) is 20.4. The summed E-state index contributed by atoms with van der Waals surface area (Å²) in [4.78, 5) is 13.7. The molecule has 2 aliphatic rings. The number of nitrogens with zero attached hydrogens (tertiary/aromatic N) is 1. The molecule has 1 atom stereocenters. The second-order valence-electron chi connectivity index (χ2n) is 6.58. The summed E-state index contributed by atoms with van der Waals surface area (Å²) in [5.41, 5.74) is 0.823. The molecule has 2 heterocycles. The van der Waals surface area contributed by atoms with Crippen LogP contribution in [-0.4, -0.2) is 34.8 Å². The van der Waals surface area contributed by atoms with E-state index >= 15 is 0 Å². The zero-order chi connectivity index (χ0) is 17.4. The zero-order valence-electron chi connectivity index (χ0n) is 13.5. The highest BCUT2D eigenvalue weighted by Gasteiger charge is 2.52. The summed E-state index contributed by atoms with van der Waals surface area (Å²) in [7, 11) is 0. The first kappa shape index (κ1) is 15.9. The number of aliphatic hydroxyl groups is 1. The monoisotopic (exact) mass is 343 g/mol. The van der Waals surface area contributed by atoms with Gasteiger partial charge in [0.25, 0.3) is 0 Å². The molecule has 0 aromatic heterocycles. The largest absolute Gasteiger partial charge is 0.483 e. The summed E-state index contributed by atoms with van der Waals surface area (Å²) < 4.78 is 24.6. The molecule has 1 saturated heterocycles. The van der Waals surface area contributed by atoms with E-state index in [9.17, 15) is 14.3 Å². The highest BCUT2D eigenvalue weighted by molar-refractivity contribution is 5.69. The second-order valence-corrected chi connectivity index (χ2v) is 6.58. The maximum Gasteiger partial charge on any atom is 0.410 e. The number of halogens is 1. The average molecular weight is 343 g/mol. The van der Waals surface area contributed by atoms with E-state index in [-0.39, 0.29) is 6.61 Å². The number of carbonyl (C=O) groups is 1. The lowest BCUT2D eigenvalue weighted by molar-refractivity contribution is -0.108. The molecule has 0 bridgehead atoms. The van der Waals surface area contributed by atoms with Gasteiger partial charge >= 0.3 is 6.09 Å². The van der Waals surface area contributed by atoms with Crippen LogP contribution in [0.15, 0.2) is 48.5 Å². The standard InChI is InChI=1S/C19H18FNO4/c20-14-6-7-15-16(22)9-19(25-17(15)8-14)11-21(12-19)18(23)24-10-13-4-2-1-3-5-13/h1-8,16,22H,9-12H2. The van der Waals surface area contributed by atoms with Crippen molar-refractivity contribution >= 4 is 6.09 Å². The molecule has 0 radical (unpaired) electrons. The van der Waals surface area contributed by atoms with Crippen LogP contribution in [0.2, 0.25) is 0 Å². The summed E-state index contributed by atoms with van der Waals surface area (Å²) >= 11 is 0. The Morgan fingerprint density at radius 1 is 1.28 bits per heavy atom. The Morgan fingerprint density at radius 2 is 2.04 bits per heavy atom. The Bertz CT molecular complexity index is 789. The smallest absolute Gasteiger partial charge is 0.410 e. The Hall–Kier alpha value is -2.60. The highest BCUT2D eigenvalue weighted by Crippen LogP contribution is 2.44. The number of amides is 1. The van der Waals surface area contributed by atoms with Gasteiger partial charge in [-0.2, -0.15) is 0 Å². The van der Waals surface area contributed by atoms with Crippen molar-refractivity contribution in [1.29, 1.82) is 0 Å². The first-order valence-electron chi connectivity index (χ1n) is 8.17. The molecule has 1 unspecified atom stereocenters. The van der Waals surface area contributed by atoms with Gasteiger partial charge in [0.05, 0.1) is 19.2 Å². The fourth-order valence-corrected chi connectivity index (χ4v) is 3.39. The van der Waals surface area contributed by atoms with Crippen LogP contribution in [0.25, 0.3) is 0 Å². The number of carbonyl (C=O) groups excluding carboxylic acids is 1. The quantitative estimate of drug-likeness (QED) is 0.911. The van der Waals surface area contributed by atoms with Gasteiger partial charge in [0.2, 0.25) is 0 Å². The molecular formula is C19H18FNO4. The first-order valence-corrected chi connectivity index (χ1v) is 8.17. The Kier molecular flexibility index (Phi) is 3.84. The third kappa shape index (κ3) is 3.05. The molecule has 2 aliphatic heterocycles. The van der Waals surface area contributed by atoms with Crippen molar-refractivity contribution in [2.75, 3.05) is 13.1 Å². The Morgan fingerprint density at radius 3 is 2.80 bits per heavy atom. The predicted octanol–water partition coefficient (Wildman–Crippen LogP) is 3.03. The van der Waals surface area contributed by atoms with Crippen LogP contribution in [0.3, 0.4) is 0 Å². The number of aliphatic hydroxyl groups excluding tert-OH is 1. The van der Waals surface area contributed by atoms with Gasteiger partial charge in [-0.3, -0.25) is 0 Å². The van der Waals surface area contributed by atoms with Crippen LogP contribution in [0.5, 0.6) is 5.75 Å². The molecule has 2 aromatic rings. The van der Waals surface area contributed by atoms with Gasteiger partial charge in [-0.05, 0) is 17.7 Å². The maximum absolute atomic E-state index is 13.4. The second kappa shape index (κ2) is 6.04. The van der Waals surface area contributed by atoms with Crippen LogP contribution in [0.4, 0.5) is 9.18 Å². The number of rotatable bonds is 2. The Balaban J connectivity index is 1.37. The fourth-order valence-electron chi connectivity index (χ4n) is 3.39. The lowest BCUT2D eigenvalue weighted by Crippen LogP contribution is -2.67. The van der Waals surface area contributed by atoms with E-state index in [1.807, 2.05) is 30.3 Å². The van der Waals surface area contributed by atoms with Gasteiger partial charge < -0.3 is 19.5 Å². The van der Waals surface area contributed by atoms with E-state index in [2.05, 4.69) is 0 Å². The van der Waals surface area contributed by atoms with Crippen LogP contribution in [0, 0.1) is 5.82 Å². The molecule has 1 spiro atoms. The molecule has 1 amide bonds. The van der Waals surface area contributed by atoms with Crippen molar-refractivity contribution in [3.05, 3.63) is 65.5 Å². The predicted molar refractivity (Wildman–Crippen MR) is 87.5 cm³/mol. The molecular weight excluding hydrogens is 325 g/mol. The van der Waals surface area contributed by atoms with E-state index in [4.69, 9.17) is 9.47 Å². The van der Waals surface area contributed by atoms with E-state index in [1.54, 1.807) is 0 Å². The van der Waals surface area contributed by atoms with Crippen molar-refractivity contribution in [3.8, 4) is 5.75 Å². The molecule has 0 aliphatic carbocycles. The van der Waals surface area contributed by atoms with Crippen LogP contribution in [0.1, 0.15) is 23.7 Å². The van der Waals surface area contributed by atoms with E-state index in [0.29, 0.717) is 30.8 Å². The fraction of sp³-hybridized carbons (Fsp3) is 0.316. The lowest BCUT2D eigenvalue weighted by atomic mass is 9.83. The van der Waals surface area contributed by atoms with E-state index in [0.717, 1.165) is 5.56 Å². The lowest BCUT2D eigenvalue weighted by Gasteiger charge is -2.51. The summed E-state index contributed by atoms with van der Waals surface area (Å²) in [6.45, 7) is 0.835. The van der Waals surface area contributed by atoms with Gasteiger partial charge in [-0.15, -0.1) is 0 Å². The maximum atomic E-state index is 13.4. The van der Waals surface area contributed by atoms with Gasteiger partial charge in [0, 0.05) is 18.1 Å². The number of hydrogen-bond acceptors (Lipinski definition) is 4. The molecule has 6 heteroatoms. The molecule has 130 valence electrons. The van der Waals surface area contributed by atoms with Gasteiger partial charge in [-0.1, -0.05) is 30.3 Å². The van der Waals surface area contributed by atoms with Crippen molar-refractivity contribution in [3.63, 3.8) is 0 Å². The molecule has 1 N–H and O–H groups in total. The minimum Gasteiger partial charge on any atom is -0.483 e. The molecule has 25 heavy (non-hydrogen) atoms. The highest BCUT2D eigenvalue weighted by atomic mass is 19.1. The van der Waals surface area contributed by atoms with E-state index in [1.165, 1.54) is 23.1 Å². The van der Waals surface area contributed by atoms with Crippen molar-refractivity contribution in [2.45, 2.75) is 24.7 Å². The van der Waals surface area contributed by atoms with Crippen LogP contribution >= 0.6 is 0 Å². The number of hydrogen-bond donors (Lipinski definition) is 1. The van der Waals surface area contributed by atoms with Gasteiger partial charge in [0.1, 0.15) is 23.8 Å². The SMILES string of the molecule is O=C(OCc1ccccc1)N1CC2(CC(O)c3ccc(F)cc3O2)C1. The third-order valence-electron chi connectivity index (χ3n) is 4.65. The minimum absolute atomic E-state index is 0.209. The molecule has 4 rings (SSSR count). The molecule has 0 saturated carbocycles. The molecule has 5 nitrogen and oxygen atoms in total. The van der Waals surface area contributed by atoms with Gasteiger partial charge in [-0.25, -0.2) is 9.18 Å². The number of likely N-dealkylation sites (tertiary alicyclic amines) is 1. The van der Waals surface area contributed by atoms with Crippen molar-refractivity contribution in [1.82, 2.24) is 4.90 Å². The molecule has 2 aromatic carbocycles. The van der Waals surface area contributed by atoms with Crippen molar-refractivity contribution in [2.24, 2.45) is 0 Å². The first-order chi connectivity index (χ1) is 12.0. The average Bonchev–Trinajstić information content (AvgIpc) is 2.58. The Labute approximate surface area is 144 Å². The summed E-state index contributed by atoms with van der Waals surface area (Å²) in [6, 6.07) is 13.6. The van der Waals surface area contributed by atoms with E-state index < -0.39 is 23.6 Å². The van der Waals surface area contributed by atoms with Gasteiger partial charge in [0.15, 0.2) is 0 Å². The van der Waals surface area contributed by atoms with Crippen molar-refractivity contribution < 1.29 is 23.8 Å². The summed E-state index contributed by atoms with van der Waals surface area (Å²) in [5, 5.41) is 10.3. The number of ether oxygens (including phenoxy) is 2. The third-order valence-corrected chi connectivity index (χ3v) is 4.65. The van der Waals surface area contributed by atoms with Crippen LogP contribution in [-0.2, 0) is 11.3 Å². The molecule has 1 fully saturated rings. The zero-order valence-corrected chi connectivity index (χ0v) is 13.5. The number of fused-ring (bicyclic) bond motifs is 1. The minimum atomic E-state index is -0.730. The summed E-state index contributed by atoms with van der Waals surface area (Å²) in [5.74, 6) is -0.0718. The topological polar surface area (TPSA) is 59.0 Å².